The highest BCUT2D eigenvalue weighted by Gasteiger charge is 2.48. The smallest absolute Gasteiger partial charge is 0.350 e. The van der Waals surface area contributed by atoms with Crippen molar-refractivity contribution in [2.24, 2.45) is 0 Å². The van der Waals surface area contributed by atoms with E-state index in [4.69, 9.17) is 13.9 Å². The molecule has 0 amide bonds. The number of methoxy groups -OCH3 is 1. The van der Waals surface area contributed by atoms with Crippen LogP contribution in [0, 0.1) is 0 Å². The summed E-state index contributed by atoms with van der Waals surface area (Å²) in [5.41, 5.74) is 0. The Morgan fingerprint density at radius 1 is 1.39 bits per heavy atom. The first kappa shape index (κ1) is 15.6. The molecule has 0 aromatic heterocycles. The number of hydrogen-bond donors (Lipinski definition) is 0. The maximum Gasteiger partial charge on any atom is 0.350 e. The van der Waals surface area contributed by atoms with Gasteiger partial charge in [0.2, 0.25) is 0 Å². The molecule has 1 aliphatic heterocycles. The van der Waals surface area contributed by atoms with Gasteiger partial charge in [0.1, 0.15) is 5.78 Å². The predicted molar refractivity (Wildman–Crippen MR) is 63.9 cm³/mol. The zero-order valence-electron chi connectivity index (χ0n) is 11.1. The van der Waals surface area contributed by atoms with E-state index in [2.05, 4.69) is 4.74 Å². The van der Waals surface area contributed by atoms with Crippen LogP contribution in [-0.2, 0) is 28.0 Å². The van der Waals surface area contributed by atoms with Crippen molar-refractivity contribution in [2.45, 2.75) is 32.2 Å². The van der Waals surface area contributed by atoms with Crippen LogP contribution in [-0.4, -0.2) is 50.3 Å². The lowest BCUT2D eigenvalue weighted by Gasteiger charge is -2.25. The summed E-state index contributed by atoms with van der Waals surface area (Å²) in [5.74, 6) is -1.09. The van der Waals surface area contributed by atoms with E-state index in [1.807, 2.05) is 0 Å². The molecule has 18 heavy (non-hydrogen) atoms. The SMILES string of the molecule is CCOP(=O)(OCC)[C@H]1C[C@@H](C(=O)OC)ON1C. The van der Waals surface area contributed by atoms with Gasteiger partial charge in [-0.3, -0.25) is 9.40 Å². The second-order valence-corrected chi connectivity index (χ2v) is 5.95. The van der Waals surface area contributed by atoms with Gasteiger partial charge in [0.15, 0.2) is 6.10 Å². The van der Waals surface area contributed by atoms with Gasteiger partial charge in [-0.1, -0.05) is 0 Å². The van der Waals surface area contributed by atoms with E-state index in [-0.39, 0.29) is 19.6 Å². The minimum atomic E-state index is -3.32. The summed E-state index contributed by atoms with van der Waals surface area (Å²) in [6, 6.07) is 0. The summed E-state index contributed by atoms with van der Waals surface area (Å²) in [5, 5.41) is 1.35. The van der Waals surface area contributed by atoms with Gasteiger partial charge in [0.05, 0.1) is 20.3 Å². The summed E-state index contributed by atoms with van der Waals surface area (Å²) >= 11 is 0. The van der Waals surface area contributed by atoms with Crippen molar-refractivity contribution in [1.82, 2.24) is 5.06 Å². The zero-order chi connectivity index (χ0) is 13.8. The van der Waals surface area contributed by atoms with Gasteiger partial charge < -0.3 is 13.8 Å². The number of rotatable bonds is 6. The number of esters is 1. The fraction of sp³-hybridized carbons (Fsp3) is 0.900. The fourth-order valence-electron chi connectivity index (χ4n) is 1.82. The summed E-state index contributed by atoms with van der Waals surface area (Å²) in [4.78, 5) is 16.7. The molecule has 7 nitrogen and oxygen atoms in total. The first-order valence-corrected chi connectivity index (χ1v) is 7.45. The van der Waals surface area contributed by atoms with Crippen LogP contribution >= 0.6 is 7.60 Å². The molecule has 0 aliphatic carbocycles. The lowest BCUT2D eigenvalue weighted by molar-refractivity contribution is -0.176. The van der Waals surface area contributed by atoms with E-state index in [0.29, 0.717) is 0 Å². The highest BCUT2D eigenvalue weighted by atomic mass is 31.2. The summed E-state index contributed by atoms with van der Waals surface area (Å²) < 4.78 is 27.7. The molecule has 0 unspecified atom stereocenters. The summed E-state index contributed by atoms with van der Waals surface area (Å²) in [6.45, 7) is 4.01. The first-order valence-electron chi connectivity index (χ1n) is 5.84. The van der Waals surface area contributed by atoms with E-state index >= 15 is 0 Å². The van der Waals surface area contributed by atoms with Gasteiger partial charge in [0, 0.05) is 13.5 Å². The lowest BCUT2D eigenvalue weighted by Crippen LogP contribution is -2.26. The van der Waals surface area contributed by atoms with Crippen molar-refractivity contribution in [2.75, 3.05) is 27.4 Å². The Hall–Kier alpha value is -0.460. The number of ether oxygens (including phenoxy) is 1. The monoisotopic (exact) mass is 281 g/mol. The molecular weight excluding hydrogens is 261 g/mol. The molecule has 1 saturated heterocycles. The third kappa shape index (κ3) is 3.30. The summed E-state index contributed by atoms with van der Waals surface area (Å²) in [6.07, 6.45) is -0.542. The number of carbonyl (C=O) groups excluding carboxylic acids is 1. The Bertz CT molecular complexity index is 326. The normalized spacial score (nSPS) is 25.3. The molecule has 106 valence electrons. The molecule has 0 saturated carbocycles. The van der Waals surface area contributed by atoms with E-state index < -0.39 is 25.5 Å². The highest BCUT2D eigenvalue weighted by Crippen LogP contribution is 2.57. The Labute approximate surface area is 107 Å². The van der Waals surface area contributed by atoms with Crippen molar-refractivity contribution in [3.05, 3.63) is 0 Å². The molecule has 0 radical (unpaired) electrons. The van der Waals surface area contributed by atoms with Gasteiger partial charge in [-0.2, -0.15) is 5.06 Å². The summed E-state index contributed by atoms with van der Waals surface area (Å²) in [7, 11) is -0.441. The lowest BCUT2D eigenvalue weighted by atomic mass is 10.3. The molecule has 0 aromatic carbocycles. The maximum atomic E-state index is 12.6. The van der Waals surface area contributed by atoms with Crippen LogP contribution in [0.5, 0.6) is 0 Å². The minimum absolute atomic E-state index is 0.223. The number of hydrogen-bond acceptors (Lipinski definition) is 7. The van der Waals surface area contributed by atoms with Crippen molar-refractivity contribution in [3.63, 3.8) is 0 Å². The number of hydroxylamine groups is 2. The van der Waals surface area contributed by atoms with Crippen LogP contribution in [0.15, 0.2) is 0 Å². The third-order valence-electron chi connectivity index (χ3n) is 2.59. The Morgan fingerprint density at radius 2 is 1.94 bits per heavy atom. The maximum absolute atomic E-state index is 12.6. The average Bonchev–Trinajstić information content (AvgIpc) is 2.71. The van der Waals surface area contributed by atoms with E-state index in [9.17, 15) is 9.36 Å². The second kappa shape index (κ2) is 6.63. The molecule has 8 heteroatoms. The van der Waals surface area contributed by atoms with Crippen LogP contribution in [0.4, 0.5) is 0 Å². The van der Waals surface area contributed by atoms with Crippen LogP contribution in [0.2, 0.25) is 0 Å². The third-order valence-corrected chi connectivity index (χ3v) is 5.09. The van der Waals surface area contributed by atoms with Crippen molar-refractivity contribution in [3.8, 4) is 0 Å². The van der Waals surface area contributed by atoms with Gasteiger partial charge >= 0.3 is 13.6 Å². The van der Waals surface area contributed by atoms with Crippen molar-refractivity contribution in [1.29, 1.82) is 0 Å². The quantitative estimate of drug-likeness (QED) is 0.538. The predicted octanol–water partition coefficient (Wildman–Crippen LogP) is 1.39. The largest absolute Gasteiger partial charge is 0.467 e. The zero-order valence-corrected chi connectivity index (χ0v) is 12.0. The van der Waals surface area contributed by atoms with Crippen LogP contribution in [0.3, 0.4) is 0 Å². The first-order chi connectivity index (χ1) is 8.48. The Balaban J connectivity index is 2.81. The molecular formula is C10H20NO6P. The molecule has 0 N–H and O–H groups in total. The van der Waals surface area contributed by atoms with Crippen molar-refractivity contribution < 1.29 is 28.0 Å². The van der Waals surface area contributed by atoms with Gasteiger partial charge in [-0.15, -0.1) is 0 Å². The Morgan fingerprint density at radius 3 is 2.39 bits per heavy atom. The van der Waals surface area contributed by atoms with Gasteiger partial charge in [0.25, 0.3) is 0 Å². The van der Waals surface area contributed by atoms with Crippen LogP contribution in [0.1, 0.15) is 20.3 Å². The molecule has 1 fully saturated rings. The fourth-order valence-corrected chi connectivity index (χ4v) is 3.86. The molecule has 0 spiro atoms. The average molecular weight is 281 g/mol. The van der Waals surface area contributed by atoms with E-state index in [1.54, 1.807) is 20.9 Å². The van der Waals surface area contributed by atoms with E-state index in [0.717, 1.165) is 0 Å². The van der Waals surface area contributed by atoms with Crippen LogP contribution < -0.4 is 0 Å². The number of carbonyl (C=O) groups is 1. The standard InChI is InChI=1S/C10H20NO6P/c1-5-15-18(13,16-6-2)9-7-8(10(12)14-4)17-11(9)3/h8-9H,5-7H2,1-4H3/t8-,9-/m0/s1. The van der Waals surface area contributed by atoms with Gasteiger partial charge in [-0.05, 0) is 13.8 Å². The highest BCUT2D eigenvalue weighted by molar-refractivity contribution is 7.54. The number of nitrogens with zero attached hydrogens (tertiary/aromatic N) is 1. The Kier molecular flexibility index (Phi) is 5.75. The molecule has 0 aromatic rings. The molecule has 1 heterocycles. The minimum Gasteiger partial charge on any atom is -0.467 e. The topological polar surface area (TPSA) is 74.3 Å². The van der Waals surface area contributed by atoms with Crippen molar-refractivity contribution >= 4 is 13.6 Å². The molecule has 0 bridgehead atoms. The second-order valence-electron chi connectivity index (χ2n) is 3.76. The molecule has 1 rings (SSSR count). The molecule has 2 atom stereocenters. The van der Waals surface area contributed by atoms with Crippen LogP contribution in [0.25, 0.3) is 0 Å². The van der Waals surface area contributed by atoms with Gasteiger partial charge in [-0.25, -0.2) is 4.79 Å². The van der Waals surface area contributed by atoms with E-state index in [1.165, 1.54) is 12.2 Å². The molecule has 1 aliphatic rings.